The van der Waals surface area contributed by atoms with Crippen molar-refractivity contribution in [1.82, 2.24) is 0 Å². The second-order valence-corrected chi connectivity index (χ2v) is 20.5. The minimum Gasteiger partial charge on any atom is -0.497 e. The molecule has 0 N–H and O–H groups in total. The molecule has 0 aromatic heterocycles. The van der Waals surface area contributed by atoms with Gasteiger partial charge in [-0.25, -0.2) is 8.42 Å². The van der Waals surface area contributed by atoms with E-state index in [-0.39, 0.29) is 14.5 Å². The van der Waals surface area contributed by atoms with E-state index in [1.807, 2.05) is 54.7 Å². The Hall–Kier alpha value is -1.65. The summed E-state index contributed by atoms with van der Waals surface area (Å²) in [6.07, 6.45) is 4.85. The SMILES string of the molecule is COc1cc(OC)c(C(/C=C\S(=O)(=O)c2ccc(C)cc2)=C\CO[Si](C)(C)C(C)(C)C)c(C2SCCCS2)c1. The Morgan fingerprint density at radius 1 is 1.05 bits per heavy atom. The van der Waals surface area contributed by atoms with Gasteiger partial charge in [0, 0.05) is 17.0 Å². The summed E-state index contributed by atoms with van der Waals surface area (Å²) in [5.74, 6) is 3.50. The van der Waals surface area contributed by atoms with E-state index in [9.17, 15) is 8.42 Å². The summed E-state index contributed by atoms with van der Waals surface area (Å²) in [7, 11) is -2.39. The second kappa shape index (κ2) is 13.3. The third kappa shape index (κ3) is 8.19. The van der Waals surface area contributed by atoms with Gasteiger partial charge in [0.05, 0.1) is 30.3 Å². The topological polar surface area (TPSA) is 61.8 Å². The summed E-state index contributed by atoms with van der Waals surface area (Å²) < 4.78 is 44.7. The summed E-state index contributed by atoms with van der Waals surface area (Å²) in [4.78, 5) is 0.265. The van der Waals surface area contributed by atoms with Gasteiger partial charge in [-0.15, -0.1) is 23.5 Å². The van der Waals surface area contributed by atoms with Crippen LogP contribution in [-0.2, 0) is 14.3 Å². The van der Waals surface area contributed by atoms with E-state index in [1.54, 1.807) is 32.4 Å². The Morgan fingerprint density at radius 3 is 2.26 bits per heavy atom. The molecule has 39 heavy (non-hydrogen) atoms. The van der Waals surface area contributed by atoms with Crippen molar-refractivity contribution in [1.29, 1.82) is 0 Å². The van der Waals surface area contributed by atoms with Gasteiger partial charge in [-0.1, -0.05) is 44.5 Å². The van der Waals surface area contributed by atoms with E-state index in [0.29, 0.717) is 18.1 Å². The van der Waals surface area contributed by atoms with Crippen LogP contribution in [0.3, 0.4) is 0 Å². The quantitative estimate of drug-likeness (QED) is 0.199. The predicted octanol–water partition coefficient (Wildman–Crippen LogP) is 8.27. The molecule has 5 nitrogen and oxygen atoms in total. The molecular weight excluding hydrogens is 565 g/mol. The number of sulfone groups is 1. The van der Waals surface area contributed by atoms with Crippen molar-refractivity contribution < 1.29 is 22.3 Å². The Morgan fingerprint density at radius 2 is 1.69 bits per heavy atom. The molecule has 3 rings (SSSR count). The van der Waals surface area contributed by atoms with Gasteiger partial charge in [0.25, 0.3) is 0 Å². The largest absolute Gasteiger partial charge is 0.497 e. The van der Waals surface area contributed by atoms with Crippen LogP contribution in [0, 0.1) is 6.92 Å². The normalized spacial score (nSPS) is 16.1. The molecule has 1 aliphatic heterocycles. The van der Waals surface area contributed by atoms with E-state index in [4.69, 9.17) is 13.9 Å². The molecule has 2 aromatic rings. The lowest BCUT2D eigenvalue weighted by Gasteiger charge is -2.35. The second-order valence-electron chi connectivity index (χ2n) is 11.1. The van der Waals surface area contributed by atoms with E-state index in [0.717, 1.165) is 33.8 Å². The zero-order valence-corrected chi connectivity index (χ0v) is 27.8. The van der Waals surface area contributed by atoms with Crippen LogP contribution in [0.25, 0.3) is 5.57 Å². The number of aryl methyl sites for hydroxylation is 1. The lowest BCUT2D eigenvalue weighted by atomic mass is 9.98. The van der Waals surface area contributed by atoms with Crippen LogP contribution in [0.5, 0.6) is 11.5 Å². The molecule has 2 aromatic carbocycles. The van der Waals surface area contributed by atoms with Gasteiger partial charge in [-0.05, 0) is 78.4 Å². The molecule has 1 heterocycles. The number of rotatable bonds is 10. The molecule has 0 bridgehead atoms. The van der Waals surface area contributed by atoms with E-state index in [1.165, 1.54) is 11.8 Å². The highest BCUT2D eigenvalue weighted by molar-refractivity contribution is 8.16. The number of hydrogen-bond donors (Lipinski definition) is 0. The Balaban J connectivity index is 2.15. The Bertz CT molecular complexity index is 1290. The minimum absolute atomic E-state index is 0.0595. The van der Waals surface area contributed by atoms with Crippen molar-refractivity contribution in [3.05, 3.63) is 70.6 Å². The number of benzene rings is 2. The molecule has 1 saturated heterocycles. The Kier molecular flexibility index (Phi) is 10.9. The van der Waals surface area contributed by atoms with Crippen molar-refractivity contribution in [2.24, 2.45) is 0 Å². The molecule has 0 atom stereocenters. The molecular formula is C30H42O5S3Si. The van der Waals surface area contributed by atoms with E-state index in [2.05, 4.69) is 39.9 Å². The van der Waals surface area contributed by atoms with Crippen molar-refractivity contribution in [3.8, 4) is 11.5 Å². The smallest absolute Gasteiger partial charge is 0.199 e. The van der Waals surface area contributed by atoms with Gasteiger partial charge in [-0.3, -0.25) is 0 Å². The van der Waals surface area contributed by atoms with Crippen LogP contribution in [0.1, 0.15) is 48.5 Å². The first-order valence-electron chi connectivity index (χ1n) is 13.1. The average molecular weight is 607 g/mol. The summed E-state index contributed by atoms with van der Waals surface area (Å²) in [5, 5.41) is 1.36. The molecule has 0 spiro atoms. The third-order valence-corrected chi connectivity index (χ3v) is 16.2. The first-order chi connectivity index (χ1) is 18.3. The van der Waals surface area contributed by atoms with E-state index >= 15 is 0 Å². The van der Waals surface area contributed by atoms with Crippen LogP contribution in [0.15, 0.2) is 58.9 Å². The zero-order valence-electron chi connectivity index (χ0n) is 24.4. The number of methoxy groups -OCH3 is 2. The highest BCUT2D eigenvalue weighted by Gasteiger charge is 2.36. The van der Waals surface area contributed by atoms with Crippen LogP contribution >= 0.6 is 23.5 Å². The zero-order chi connectivity index (χ0) is 28.8. The average Bonchev–Trinajstić information content (AvgIpc) is 2.90. The third-order valence-electron chi connectivity index (χ3n) is 7.26. The molecule has 0 aliphatic carbocycles. The number of hydrogen-bond acceptors (Lipinski definition) is 7. The number of ether oxygens (including phenoxy) is 2. The number of thioether (sulfide) groups is 2. The fourth-order valence-electron chi connectivity index (χ4n) is 3.83. The predicted molar refractivity (Wildman–Crippen MR) is 170 cm³/mol. The molecule has 214 valence electrons. The number of allylic oxidation sites excluding steroid dienone is 2. The molecule has 0 unspecified atom stereocenters. The van der Waals surface area contributed by atoms with Gasteiger partial charge in [0.1, 0.15) is 11.5 Å². The molecule has 1 fully saturated rings. The fraction of sp³-hybridized carbons (Fsp3) is 0.467. The first kappa shape index (κ1) is 31.9. The lowest BCUT2D eigenvalue weighted by molar-refractivity contribution is 0.328. The molecule has 1 aliphatic rings. The highest BCUT2D eigenvalue weighted by atomic mass is 32.2. The molecule has 0 amide bonds. The first-order valence-corrected chi connectivity index (χ1v) is 19.7. The molecule has 9 heteroatoms. The lowest BCUT2D eigenvalue weighted by Crippen LogP contribution is -2.40. The van der Waals surface area contributed by atoms with Crippen molar-refractivity contribution in [2.75, 3.05) is 32.3 Å². The van der Waals surface area contributed by atoms with Crippen LogP contribution < -0.4 is 9.47 Å². The van der Waals surface area contributed by atoms with Crippen molar-refractivity contribution >= 4 is 47.3 Å². The standard InChI is InChI=1S/C30H42O5S3Si/c1-22-10-12-25(13-11-22)38(31,32)19-15-23(14-16-35-39(7,8)30(2,3)4)28-26(29-36-17-9-18-37-29)20-24(33-5)21-27(28)34-6/h10-15,19-21,29H,9,16-18H2,1-8H3/b19-15-,23-14-. The van der Waals surface area contributed by atoms with Gasteiger partial charge < -0.3 is 13.9 Å². The van der Waals surface area contributed by atoms with Crippen molar-refractivity contribution in [3.63, 3.8) is 0 Å². The highest BCUT2D eigenvalue weighted by Crippen LogP contribution is 2.49. The maximum atomic E-state index is 13.3. The summed E-state index contributed by atoms with van der Waals surface area (Å²) in [5.41, 5.74) is 3.71. The van der Waals surface area contributed by atoms with Crippen LogP contribution in [-0.4, -0.2) is 49.1 Å². The van der Waals surface area contributed by atoms with Crippen molar-refractivity contribution in [2.45, 2.75) is 61.7 Å². The Labute approximate surface area is 244 Å². The summed E-state index contributed by atoms with van der Waals surface area (Å²) >= 11 is 3.79. The minimum atomic E-state index is -3.66. The van der Waals surface area contributed by atoms with Crippen LogP contribution in [0.2, 0.25) is 18.1 Å². The fourth-order valence-corrected chi connectivity index (χ4v) is 8.69. The molecule has 0 saturated carbocycles. The van der Waals surface area contributed by atoms with Gasteiger partial charge in [0.2, 0.25) is 0 Å². The van der Waals surface area contributed by atoms with Crippen LogP contribution in [0.4, 0.5) is 0 Å². The maximum absolute atomic E-state index is 13.3. The summed E-state index contributed by atoms with van der Waals surface area (Å²) in [6.45, 7) is 13.4. The van der Waals surface area contributed by atoms with E-state index < -0.39 is 18.2 Å². The van der Waals surface area contributed by atoms with Gasteiger partial charge in [0.15, 0.2) is 18.2 Å². The van der Waals surface area contributed by atoms with Gasteiger partial charge >= 0.3 is 0 Å². The summed E-state index contributed by atoms with van der Waals surface area (Å²) in [6, 6.07) is 10.8. The monoisotopic (exact) mass is 606 g/mol. The maximum Gasteiger partial charge on any atom is 0.199 e. The molecule has 0 radical (unpaired) electrons. The van der Waals surface area contributed by atoms with Gasteiger partial charge in [-0.2, -0.15) is 0 Å².